The Morgan fingerprint density at radius 3 is 2.18 bits per heavy atom. The molecule has 0 aliphatic rings. The summed E-state index contributed by atoms with van der Waals surface area (Å²) in [4.78, 5) is 15.0. The summed E-state index contributed by atoms with van der Waals surface area (Å²) in [5.74, 6) is 0. The zero-order valence-corrected chi connectivity index (χ0v) is 11.8. The van der Waals surface area contributed by atoms with Gasteiger partial charge in [0.15, 0.2) is 0 Å². The van der Waals surface area contributed by atoms with Crippen LogP contribution in [-0.2, 0) is 0 Å². The van der Waals surface area contributed by atoms with Gasteiger partial charge in [-0.05, 0) is 45.8 Å². The molecule has 102 valence electrons. The van der Waals surface area contributed by atoms with Crippen molar-refractivity contribution < 1.29 is 9.90 Å². The van der Waals surface area contributed by atoms with Gasteiger partial charge in [0.1, 0.15) is 0 Å². The molecule has 1 amide bonds. The summed E-state index contributed by atoms with van der Waals surface area (Å²) in [6.45, 7) is 12.2. The lowest BCUT2D eigenvalue weighted by Crippen LogP contribution is -2.38. The van der Waals surface area contributed by atoms with E-state index < -0.39 is 6.09 Å². The van der Waals surface area contributed by atoms with Crippen molar-refractivity contribution in [2.24, 2.45) is 0 Å². The molecule has 0 aliphatic heterocycles. The first-order chi connectivity index (χ1) is 8.06. The zero-order chi connectivity index (χ0) is 13.3. The van der Waals surface area contributed by atoms with E-state index in [0.717, 1.165) is 38.9 Å². The minimum absolute atomic E-state index is 0.128. The molecule has 0 aromatic carbocycles. The molecule has 1 unspecified atom stereocenters. The minimum atomic E-state index is -0.790. The lowest BCUT2D eigenvalue weighted by Gasteiger charge is -2.27. The molecular formula is C13H28N2O2. The molecule has 0 saturated carbocycles. The van der Waals surface area contributed by atoms with E-state index in [1.165, 1.54) is 0 Å². The summed E-state index contributed by atoms with van der Waals surface area (Å²) in [7, 11) is 0. The standard InChI is InChI=1S/C13H28N2O2/c1-5-10-15(13(16)17)12(4)9-8-11-14(6-2)7-3/h12H,5-11H2,1-4H3,(H,16,17). The van der Waals surface area contributed by atoms with Crippen LogP contribution in [0.5, 0.6) is 0 Å². The molecule has 0 fully saturated rings. The van der Waals surface area contributed by atoms with Gasteiger partial charge < -0.3 is 14.9 Å². The van der Waals surface area contributed by atoms with Crippen LogP contribution in [0.3, 0.4) is 0 Å². The van der Waals surface area contributed by atoms with E-state index in [-0.39, 0.29) is 6.04 Å². The van der Waals surface area contributed by atoms with Gasteiger partial charge in [0.25, 0.3) is 0 Å². The lowest BCUT2D eigenvalue weighted by molar-refractivity contribution is 0.124. The fourth-order valence-electron chi connectivity index (χ4n) is 2.05. The first-order valence-electron chi connectivity index (χ1n) is 6.78. The van der Waals surface area contributed by atoms with Crippen molar-refractivity contribution in [2.75, 3.05) is 26.2 Å². The average molecular weight is 244 g/mol. The van der Waals surface area contributed by atoms with Crippen molar-refractivity contribution in [1.29, 1.82) is 0 Å². The SMILES string of the molecule is CCCN(C(=O)O)C(C)CCCN(CC)CC. The van der Waals surface area contributed by atoms with Crippen LogP contribution < -0.4 is 0 Å². The van der Waals surface area contributed by atoms with Gasteiger partial charge in [0.2, 0.25) is 0 Å². The Hall–Kier alpha value is -0.770. The smallest absolute Gasteiger partial charge is 0.407 e. The van der Waals surface area contributed by atoms with E-state index in [2.05, 4.69) is 18.7 Å². The van der Waals surface area contributed by atoms with Crippen LogP contribution in [0.25, 0.3) is 0 Å². The zero-order valence-electron chi connectivity index (χ0n) is 11.8. The third kappa shape index (κ3) is 6.51. The lowest BCUT2D eigenvalue weighted by atomic mass is 10.1. The topological polar surface area (TPSA) is 43.8 Å². The van der Waals surface area contributed by atoms with Gasteiger partial charge in [-0.25, -0.2) is 4.79 Å². The first kappa shape index (κ1) is 16.2. The Bertz CT molecular complexity index is 206. The highest BCUT2D eigenvalue weighted by Gasteiger charge is 2.17. The van der Waals surface area contributed by atoms with Crippen LogP contribution in [0.1, 0.15) is 47.0 Å². The Balaban J connectivity index is 3.96. The molecule has 4 heteroatoms. The van der Waals surface area contributed by atoms with E-state index in [9.17, 15) is 4.79 Å². The van der Waals surface area contributed by atoms with Crippen molar-refractivity contribution >= 4 is 6.09 Å². The number of hydrogen-bond donors (Lipinski definition) is 1. The predicted octanol–water partition coefficient (Wildman–Crippen LogP) is 2.89. The van der Waals surface area contributed by atoms with Gasteiger partial charge in [-0.2, -0.15) is 0 Å². The van der Waals surface area contributed by atoms with Crippen LogP contribution in [-0.4, -0.2) is 53.2 Å². The van der Waals surface area contributed by atoms with Gasteiger partial charge in [-0.3, -0.25) is 0 Å². The summed E-state index contributed by atoms with van der Waals surface area (Å²) < 4.78 is 0. The monoisotopic (exact) mass is 244 g/mol. The van der Waals surface area contributed by atoms with E-state index in [0.29, 0.717) is 6.54 Å². The molecule has 1 atom stereocenters. The van der Waals surface area contributed by atoms with Gasteiger partial charge in [-0.1, -0.05) is 20.8 Å². The van der Waals surface area contributed by atoms with Crippen molar-refractivity contribution in [2.45, 2.75) is 53.0 Å². The molecule has 0 aliphatic carbocycles. The largest absolute Gasteiger partial charge is 0.465 e. The average Bonchev–Trinajstić information content (AvgIpc) is 2.31. The molecular weight excluding hydrogens is 216 g/mol. The molecule has 17 heavy (non-hydrogen) atoms. The Labute approximate surface area is 106 Å². The van der Waals surface area contributed by atoms with E-state index in [1.807, 2.05) is 13.8 Å². The second-order valence-electron chi connectivity index (χ2n) is 4.49. The number of rotatable bonds is 9. The van der Waals surface area contributed by atoms with E-state index in [4.69, 9.17) is 5.11 Å². The summed E-state index contributed by atoms with van der Waals surface area (Å²) in [6.07, 6.45) is 2.11. The quantitative estimate of drug-likeness (QED) is 0.678. The molecule has 0 aromatic heterocycles. The first-order valence-corrected chi connectivity index (χ1v) is 6.78. The highest BCUT2D eigenvalue weighted by Crippen LogP contribution is 2.08. The second-order valence-corrected chi connectivity index (χ2v) is 4.49. The van der Waals surface area contributed by atoms with Gasteiger partial charge in [0.05, 0.1) is 0 Å². The number of amides is 1. The fraction of sp³-hybridized carbons (Fsp3) is 0.923. The summed E-state index contributed by atoms with van der Waals surface area (Å²) in [5, 5.41) is 9.09. The van der Waals surface area contributed by atoms with Gasteiger partial charge >= 0.3 is 6.09 Å². The molecule has 0 aromatic rings. The van der Waals surface area contributed by atoms with Crippen LogP contribution in [0, 0.1) is 0 Å². The number of carboxylic acid groups (broad SMARTS) is 1. The van der Waals surface area contributed by atoms with Crippen LogP contribution in [0.2, 0.25) is 0 Å². The van der Waals surface area contributed by atoms with Crippen LogP contribution in [0.4, 0.5) is 4.79 Å². The molecule has 0 spiro atoms. The number of nitrogens with zero attached hydrogens (tertiary/aromatic N) is 2. The molecule has 0 heterocycles. The molecule has 4 nitrogen and oxygen atoms in total. The van der Waals surface area contributed by atoms with Crippen molar-refractivity contribution in [3.8, 4) is 0 Å². The number of hydrogen-bond acceptors (Lipinski definition) is 2. The van der Waals surface area contributed by atoms with Crippen molar-refractivity contribution in [3.63, 3.8) is 0 Å². The highest BCUT2D eigenvalue weighted by molar-refractivity contribution is 5.65. The maximum atomic E-state index is 11.1. The predicted molar refractivity (Wildman–Crippen MR) is 71.5 cm³/mol. The van der Waals surface area contributed by atoms with Gasteiger partial charge in [0, 0.05) is 12.6 Å². The third-order valence-electron chi connectivity index (χ3n) is 3.23. The summed E-state index contributed by atoms with van der Waals surface area (Å²) >= 11 is 0. The fourth-order valence-corrected chi connectivity index (χ4v) is 2.05. The van der Waals surface area contributed by atoms with Crippen LogP contribution >= 0.6 is 0 Å². The maximum Gasteiger partial charge on any atom is 0.407 e. The van der Waals surface area contributed by atoms with Crippen molar-refractivity contribution in [1.82, 2.24) is 9.80 Å². The molecule has 0 bridgehead atoms. The molecule has 0 radical (unpaired) electrons. The van der Waals surface area contributed by atoms with E-state index >= 15 is 0 Å². The molecule has 0 saturated heterocycles. The Morgan fingerprint density at radius 1 is 1.18 bits per heavy atom. The third-order valence-corrected chi connectivity index (χ3v) is 3.23. The number of carbonyl (C=O) groups is 1. The normalized spacial score (nSPS) is 12.8. The van der Waals surface area contributed by atoms with Crippen molar-refractivity contribution in [3.05, 3.63) is 0 Å². The highest BCUT2D eigenvalue weighted by atomic mass is 16.4. The summed E-state index contributed by atoms with van der Waals surface area (Å²) in [5.41, 5.74) is 0. The van der Waals surface area contributed by atoms with Gasteiger partial charge in [-0.15, -0.1) is 0 Å². The maximum absolute atomic E-state index is 11.1. The Morgan fingerprint density at radius 2 is 1.76 bits per heavy atom. The molecule has 0 rings (SSSR count). The minimum Gasteiger partial charge on any atom is -0.465 e. The summed E-state index contributed by atoms with van der Waals surface area (Å²) in [6, 6.07) is 0.128. The second kappa shape index (κ2) is 9.28. The van der Waals surface area contributed by atoms with Crippen LogP contribution in [0.15, 0.2) is 0 Å². The molecule has 1 N–H and O–H groups in total. The Kier molecular flexibility index (Phi) is 8.86. The van der Waals surface area contributed by atoms with E-state index in [1.54, 1.807) is 4.90 Å².